The Morgan fingerprint density at radius 1 is 0.462 bits per heavy atom. The van der Waals surface area contributed by atoms with Gasteiger partial charge in [-0.25, -0.2) is 26.4 Å². The van der Waals surface area contributed by atoms with Crippen molar-refractivity contribution >= 4 is 43.4 Å². The maximum absolute atomic E-state index is 13.1. The first-order chi connectivity index (χ1) is 24.9. The van der Waals surface area contributed by atoms with Gasteiger partial charge >= 0.3 is 11.9 Å². The van der Waals surface area contributed by atoms with E-state index < -0.39 is 43.5 Å². The third kappa shape index (κ3) is 8.21. The molecule has 0 heterocycles. The fourth-order valence-corrected chi connectivity index (χ4v) is 7.02. The van der Waals surface area contributed by atoms with E-state index in [9.17, 15) is 36.6 Å². The number of benzene rings is 6. The molecule has 0 aliphatic carbocycles. The Kier molecular flexibility index (Phi) is 9.94. The lowest BCUT2D eigenvalue weighted by molar-refractivity contribution is 0.0721. The number of phenolic OH excluding ortho intramolecular Hbond substituents is 2. The SMILES string of the molecule is O=C(Oc1ccccc1)c1ccc(NS(=O)(=O)c2ccc(-c3ccc(S(=O)(=O)Nc4ccc(C(=O)Oc5ccccc5)c(O)c4)cc3)cc2)cc1O. The molecule has 6 aromatic carbocycles. The molecule has 0 bridgehead atoms. The molecule has 0 atom stereocenters. The minimum atomic E-state index is -4.10. The molecule has 6 aromatic rings. The fraction of sp³-hybridized carbons (Fsp3) is 0. The highest BCUT2D eigenvalue weighted by molar-refractivity contribution is 7.93. The molecule has 0 spiro atoms. The molecule has 0 saturated heterocycles. The molecule has 0 aliphatic rings. The van der Waals surface area contributed by atoms with Crippen LogP contribution in [0.25, 0.3) is 11.1 Å². The van der Waals surface area contributed by atoms with Crippen LogP contribution in [-0.4, -0.2) is 39.0 Å². The first kappa shape index (κ1) is 35.2. The van der Waals surface area contributed by atoms with E-state index in [1.807, 2.05) is 0 Å². The number of ether oxygens (including phenoxy) is 2. The van der Waals surface area contributed by atoms with E-state index in [-0.39, 0.29) is 43.8 Å². The van der Waals surface area contributed by atoms with Gasteiger partial charge < -0.3 is 19.7 Å². The van der Waals surface area contributed by atoms with Crippen LogP contribution in [0.2, 0.25) is 0 Å². The number of sulfonamides is 2. The fourth-order valence-electron chi connectivity index (χ4n) is 4.92. The molecule has 0 aromatic heterocycles. The van der Waals surface area contributed by atoms with Crippen LogP contribution >= 0.6 is 0 Å². The molecular weight excluding hydrogens is 709 g/mol. The third-order valence-corrected chi connectivity index (χ3v) is 10.3. The van der Waals surface area contributed by atoms with Crippen molar-refractivity contribution in [1.82, 2.24) is 0 Å². The summed E-state index contributed by atoms with van der Waals surface area (Å²) in [5, 5.41) is 20.8. The Labute approximate surface area is 298 Å². The molecule has 12 nitrogen and oxygen atoms in total. The highest BCUT2D eigenvalue weighted by Crippen LogP contribution is 2.29. The number of carbonyl (C=O) groups is 2. The number of hydrogen-bond acceptors (Lipinski definition) is 10. The lowest BCUT2D eigenvalue weighted by atomic mass is 10.1. The average Bonchev–Trinajstić information content (AvgIpc) is 3.12. The zero-order valence-electron chi connectivity index (χ0n) is 26.8. The van der Waals surface area contributed by atoms with Crippen LogP contribution in [-0.2, 0) is 20.0 Å². The van der Waals surface area contributed by atoms with E-state index in [1.54, 1.807) is 84.9 Å². The molecule has 262 valence electrons. The van der Waals surface area contributed by atoms with Crippen LogP contribution < -0.4 is 18.9 Å². The molecule has 0 radical (unpaired) electrons. The quantitative estimate of drug-likeness (QED) is 0.0814. The second-order valence-corrected chi connectivity index (χ2v) is 14.5. The number of anilines is 2. The molecule has 14 heteroatoms. The van der Waals surface area contributed by atoms with Gasteiger partial charge in [0.2, 0.25) is 0 Å². The summed E-state index contributed by atoms with van der Waals surface area (Å²) in [6, 6.07) is 35.5. The highest BCUT2D eigenvalue weighted by atomic mass is 32.2. The number of rotatable bonds is 11. The molecular formula is C38H28N2O10S2. The van der Waals surface area contributed by atoms with E-state index >= 15 is 0 Å². The number of hydrogen-bond donors (Lipinski definition) is 4. The number of phenols is 2. The predicted octanol–water partition coefficient (Wildman–Crippen LogP) is 6.80. The Balaban J connectivity index is 1.09. The molecule has 4 N–H and O–H groups in total. The average molecular weight is 737 g/mol. The summed E-state index contributed by atoms with van der Waals surface area (Å²) in [6.45, 7) is 0. The van der Waals surface area contributed by atoms with Gasteiger partial charge in [0, 0.05) is 12.1 Å². The van der Waals surface area contributed by atoms with Crippen LogP contribution in [0.1, 0.15) is 20.7 Å². The summed E-state index contributed by atoms with van der Waals surface area (Å²) in [5.41, 5.74) is 0.916. The van der Waals surface area contributed by atoms with Gasteiger partial charge in [-0.15, -0.1) is 0 Å². The maximum Gasteiger partial charge on any atom is 0.347 e. The molecule has 0 fully saturated rings. The van der Waals surface area contributed by atoms with Gasteiger partial charge in [0.25, 0.3) is 20.0 Å². The summed E-state index contributed by atoms with van der Waals surface area (Å²) in [7, 11) is -8.20. The predicted molar refractivity (Wildman–Crippen MR) is 193 cm³/mol. The molecule has 0 aliphatic heterocycles. The Morgan fingerprint density at radius 3 is 1.13 bits per heavy atom. The Morgan fingerprint density at radius 2 is 0.808 bits per heavy atom. The number of aromatic hydroxyl groups is 2. The molecule has 0 amide bonds. The van der Waals surface area contributed by atoms with Crippen LogP contribution in [0.15, 0.2) is 155 Å². The van der Waals surface area contributed by atoms with Crippen molar-refractivity contribution < 1.29 is 46.1 Å². The van der Waals surface area contributed by atoms with Gasteiger partial charge in [-0.3, -0.25) is 9.44 Å². The van der Waals surface area contributed by atoms with Gasteiger partial charge in [0.1, 0.15) is 34.1 Å². The molecule has 0 saturated carbocycles. The summed E-state index contributed by atoms with van der Waals surface area (Å²) in [4.78, 5) is 24.7. The normalized spacial score (nSPS) is 11.3. The van der Waals surface area contributed by atoms with E-state index in [0.717, 1.165) is 12.1 Å². The van der Waals surface area contributed by atoms with Gasteiger partial charge in [0.15, 0.2) is 0 Å². The highest BCUT2D eigenvalue weighted by Gasteiger charge is 2.20. The van der Waals surface area contributed by atoms with Crippen molar-refractivity contribution in [3.05, 3.63) is 157 Å². The van der Waals surface area contributed by atoms with E-state index in [4.69, 9.17) is 9.47 Å². The topological polar surface area (TPSA) is 185 Å². The first-order valence-corrected chi connectivity index (χ1v) is 18.3. The minimum Gasteiger partial charge on any atom is -0.507 e. The van der Waals surface area contributed by atoms with Crippen molar-refractivity contribution in [2.45, 2.75) is 9.79 Å². The van der Waals surface area contributed by atoms with Gasteiger partial charge in [-0.2, -0.15) is 0 Å². The summed E-state index contributed by atoms with van der Waals surface area (Å²) < 4.78 is 67.5. The monoisotopic (exact) mass is 736 g/mol. The third-order valence-electron chi connectivity index (χ3n) is 7.51. The maximum atomic E-state index is 13.1. The zero-order chi connectivity index (χ0) is 36.9. The summed E-state index contributed by atoms with van der Waals surface area (Å²) in [6.07, 6.45) is 0. The van der Waals surface area contributed by atoms with Gasteiger partial charge in [0.05, 0.1) is 21.2 Å². The van der Waals surface area contributed by atoms with Crippen molar-refractivity contribution in [2.75, 3.05) is 9.44 Å². The summed E-state index contributed by atoms with van der Waals surface area (Å²) in [5.74, 6) is -2.02. The molecule has 0 unspecified atom stereocenters. The van der Waals surface area contributed by atoms with Crippen molar-refractivity contribution in [3.63, 3.8) is 0 Å². The number of carbonyl (C=O) groups excluding carboxylic acids is 2. The molecule has 52 heavy (non-hydrogen) atoms. The van der Waals surface area contributed by atoms with Gasteiger partial charge in [-0.05, 0) is 83.9 Å². The second-order valence-electron chi connectivity index (χ2n) is 11.1. The van der Waals surface area contributed by atoms with Crippen molar-refractivity contribution in [1.29, 1.82) is 0 Å². The largest absolute Gasteiger partial charge is 0.507 e. The standard InChI is InChI=1S/C38H28N2O10S2/c41-35-23-27(15-21-33(35)37(43)49-29-7-3-1-4-8-29)39-51(45,46)31-17-11-25(12-18-31)26-13-19-32(20-14-26)52(47,48)40-28-16-22-34(36(42)24-28)38(44)50-30-9-5-2-6-10-30/h1-24,39-42H. The van der Waals surface area contributed by atoms with Crippen LogP contribution in [0.3, 0.4) is 0 Å². The lowest BCUT2D eigenvalue weighted by Gasteiger charge is -2.12. The lowest BCUT2D eigenvalue weighted by Crippen LogP contribution is -2.14. The van der Waals surface area contributed by atoms with E-state index in [1.165, 1.54) is 48.5 Å². The van der Waals surface area contributed by atoms with E-state index in [0.29, 0.717) is 11.1 Å². The second kappa shape index (κ2) is 14.7. The number of esters is 2. The van der Waals surface area contributed by atoms with Crippen LogP contribution in [0.4, 0.5) is 11.4 Å². The van der Waals surface area contributed by atoms with Crippen LogP contribution in [0.5, 0.6) is 23.0 Å². The van der Waals surface area contributed by atoms with Gasteiger partial charge in [-0.1, -0.05) is 60.7 Å². The van der Waals surface area contributed by atoms with Crippen LogP contribution in [0, 0.1) is 0 Å². The Bertz CT molecular complexity index is 2300. The van der Waals surface area contributed by atoms with Crippen molar-refractivity contribution in [2.24, 2.45) is 0 Å². The first-order valence-electron chi connectivity index (χ1n) is 15.3. The number of para-hydroxylation sites is 2. The minimum absolute atomic E-state index is 0.0139. The van der Waals surface area contributed by atoms with E-state index in [2.05, 4.69) is 9.44 Å². The summed E-state index contributed by atoms with van der Waals surface area (Å²) >= 11 is 0. The zero-order valence-corrected chi connectivity index (χ0v) is 28.5. The molecule has 6 rings (SSSR count). The number of nitrogens with one attached hydrogen (secondary N) is 2. The Hall–Kier alpha value is -6.64. The van der Waals surface area contributed by atoms with Crippen molar-refractivity contribution in [3.8, 4) is 34.1 Å². The smallest absolute Gasteiger partial charge is 0.347 e.